The Kier molecular flexibility index (Phi) is 4.07. The largest absolute Gasteiger partial charge is 0.466 e. The predicted molar refractivity (Wildman–Crippen MR) is 73.4 cm³/mol. The molecule has 2 aromatic rings. The van der Waals surface area contributed by atoms with Crippen molar-refractivity contribution in [2.75, 3.05) is 6.61 Å². The monoisotopic (exact) mass is 310 g/mol. The number of halogens is 1. The van der Waals surface area contributed by atoms with Gasteiger partial charge in [-0.1, -0.05) is 22.9 Å². The van der Waals surface area contributed by atoms with E-state index in [1.54, 1.807) is 0 Å². The van der Waals surface area contributed by atoms with E-state index in [1.165, 1.54) is 0 Å². The molecule has 0 N–H and O–H groups in total. The van der Waals surface area contributed by atoms with Gasteiger partial charge in [-0.2, -0.15) is 0 Å². The lowest BCUT2D eigenvalue weighted by Crippen LogP contribution is -2.16. The number of ether oxygens (including phenoxy) is 1. The molecule has 0 aliphatic carbocycles. The minimum Gasteiger partial charge on any atom is -0.466 e. The van der Waals surface area contributed by atoms with Crippen molar-refractivity contribution in [2.24, 2.45) is 5.92 Å². The Bertz CT molecular complexity index is 559. The zero-order valence-corrected chi connectivity index (χ0v) is 12.0. The summed E-state index contributed by atoms with van der Waals surface area (Å²) in [6.07, 6.45) is 0.561. The van der Waals surface area contributed by atoms with Crippen molar-refractivity contribution in [3.05, 3.63) is 34.5 Å². The van der Waals surface area contributed by atoms with Gasteiger partial charge in [0.15, 0.2) is 0 Å². The van der Waals surface area contributed by atoms with Crippen molar-refractivity contribution in [3.8, 4) is 0 Å². The van der Waals surface area contributed by atoms with Gasteiger partial charge in [0.1, 0.15) is 11.3 Å². The van der Waals surface area contributed by atoms with Gasteiger partial charge in [0, 0.05) is 16.3 Å². The molecule has 1 heterocycles. The molecule has 0 radical (unpaired) electrons. The van der Waals surface area contributed by atoms with Crippen LogP contribution in [-0.2, 0) is 16.0 Å². The van der Waals surface area contributed by atoms with Crippen LogP contribution >= 0.6 is 15.9 Å². The minimum absolute atomic E-state index is 0.181. The molecule has 4 heteroatoms. The molecule has 96 valence electrons. The molecule has 1 aromatic heterocycles. The lowest BCUT2D eigenvalue weighted by atomic mass is 10.1. The predicted octanol–water partition coefficient (Wildman–Crippen LogP) is 3.94. The van der Waals surface area contributed by atoms with Crippen LogP contribution in [0.4, 0.5) is 0 Å². The number of carbonyl (C=O) groups is 1. The average Bonchev–Trinajstić information content (AvgIpc) is 2.70. The summed E-state index contributed by atoms with van der Waals surface area (Å²) >= 11 is 3.40. The first-order chi connectivity index (χ1) is 8.60. The lowest BCUT2D eigenvalue weighted by molar-refractivity contribution is -0.147. The second kappa shape index (κ2) is 5.57. The minimum atomic E-state index is -0.186. The molecule has 0 bridgehead atoms. The second-order valence-electron chi connectivity index (χ2n) is 4.25. The number of hydrogen-bond donors (Lipinski definition) is 0. The summed E-state index contributed by atoms with van der Waals surface area (Å²) in [5, 5.41) is 1.05. The van der Waals surface area contributed by atoms with E-state index in [-0.39, 0.29) is 11.9 Å². The van der Waals surface area contributed by atoms with Crippen LogP contribution < -0.4 is 0 Å². The third-order valence-corrected chi connectivity index (χ3v) is 3.22. The van der Waals surface area contributed by atoms with Gasteiger partial charge < -0.3 is 9.15 Å². The molecule has 0 spiro atoms. The summed E-state index contributed by atoms with van der Waals surface area (Å²) < 4.78 is 11.7. The quantitative estimate of drug-likeness (QED) is 0.803. The maximum absolute atomic E-state index is 11.5. The molecule has 0 saturated carbocycles. The van der Waals surface area contributed by atoms with E-state index >= 15 is 0 Å². The number of esters is 1. The first kappa shape index (κ1) is 13.1. The Hall–Kier alpha value is -1.29. The molecular weight excluding hydrogens is 296 g/mol. The van der Waals surface area contributed by atoms with Gasteiger partial charge in [-0.05, 0) is 31.2 Å². The highest BCUT2D eigenvalue weighted by molar-refractivity contribution is 9.10. The van der Waals surface area contributed by atoms with Gasteiger partial charge in [0.25, 0.3) is 0 Å². The van der Waals surface area contributed by atoms with Crippen LogP contribution in [0.25, 0.3) is 11.0 Å². The molecule has 0 fully saturated rings. The Morgan fingerprint density at radius 3 is 2.94 bits per heavy atom. The van der Waals surface area contributed by atoms with Crippen molar-refractivity contribution in [2.45, 2.75) is 20.3 Å². The molecule has 1 atom stereocenters. The van der Waals surface area contributed by atoms with Gasteiger partial charge in [0.05, 0.1) is 12.5 Å². The fraction of sp³-hybridized carbons (Fsp3) is 0.357. The lowest BCUT2D eigenvalue weighted by Gasteiger charge is -2.07. The molecule has 2 rings (SSSR count). The third kappa shape index (κ3) is 2.93. The zero-order valence-electron chi connectivity index (χ0n) is 10.4. The van der Waals surface area contributed by atoms with Crippen LogP contribution in [0.5, 0.6) is 0 Å². The van der Waals surface area contributed by atoms with Crippen molar-refractivity contribution < 1.29 is 13.9 Å². The van der Waals surface area contributed by atoms with E-state index in [0.29, 0.717) is 13.0 Å². The van der Waals surface area contributed by atoms with Crippen LogP contribution in [-0.4, -0.2) is 12.6 Å². The van der Waals surface area contributed by atoms with E-state index in [1.807, 2.05) is 38.1 Å². The Morgan fingerprint density at radius 2 is 2.22 bits per heavy atom. The van der Waals surface area contributed by atoms with Gasteiger partial charge in [-0.3, -0.25) is 4.79 Å². The van der Waals surface area contributed by atoms with Crippen LogP contribution in [0.3, 0.4) is 0 Å². The standard InChI is InChI=1S/C14H15BrO3/c1-3-17-14(16)9(2)6-12-7-10-4-5-11(15)8-13(10)18-12/h4-5,7-9H,3,6H2,1-2H3. The molecule has 0 aliphatic rings. The summed E-state index contributed by atoms with van der Waals surface area (Å²) in [5.74, 6) is 0.441. The van der Waals surface area contributed by atoms with Crippen molar-refractivity contribution in [1.29, 1.82) is 0 Å². The van der Waals surface area contributed by atoms with Gasteiger partial charge >= 0.3 is 5.97 Å². The van der Waals surface area contributed by atoms with Crippen LogP contribution in [0, 0.1) is 5.92 Å². The molecule has 0 amide bonds. The second-order valence-corrected chi connectivity index (χ2v) is 5.17. The Labute approximate surface area is 114 Å². The molecule has 18 heavy (non-hydrogen) atoms. The Balaban J connectivity index is 2.14. The zero-order chi connectivity index (χ0) is 13.1. The van der Waals surface area contributed by atoms with E-state index < -0.39 is 0 Å². The molecular formula is C14H15BrO3. The molecule has 0 saturated heterocycles. The van der Waals surface area contributed by atoms with Crippen molar-refractivity contribution >= 4 is 32.9 Å². The van der Waals surface area contributed by atoms with Crippen molar-refractivity contribution in [1.82, 2.24) is 0 Å². The number of benzene rings is 1. The average molecular weight is 311 g/mol. The maximum atomic E-state index is 11.5. The van der Waals surface area contributed by atoms with Crippen LogP contribution in [0.15, 0.2) is 33.2 Å². The van der Waals surface area contributed by atoms with E-state index in [9.17, 15) is 4.79 Å². The van der Waals surface area contributed by atoms with Crippen LogP contribution in [0.1, 0.15) is 19.6 Å². The van der Waals surface area contributed by atoms with Gasteiger partial charge in [-0.25, -0.2) is 0 Å². The van der Waals surface area contributed by atoms with Gasteiger partial charge in [-0.15, -0.1) is 0 Å². The number of hydrogen-bond acceptors (Lipinski definition) is 3. The highest BCUT2D eigenvalue weighted by Crippen LogP contribution is 2.24. The summed E-state index contributed by atoms with van der Waals surface area (Å²) in [6.45, 7) is 4.07. The number of rotatable bonds is 4. The number of furan rings is 1. The summed E-state index contributed by atoms with van der Waals surface area (Å²) in [6, 6.07) is 7.85. The van der Waals surface area contributed by atoms with Crippen LogP contribution in [0.2, 0.25) is 0 Å². The van der Waals surface area contributed by atoms with Gasteiger partial charge in [0.2, 0.25) is 0 Å². The fourth-order valence-corrected chi connectivity index (χ4v) is 2.17. The first-order valence-electron chi connectivity index (χ1n) is 5.94. The summed E-state index contributed by atoms with van der Waals surface area (Å²) in [7, 11) is 0. The normalized spacial score (nSPS) is 12.6. The van der Waals surface area contributed by atoms with E-state index in [4.69, 9.17) is 9.15 Å². The highest BCUT2D eigenvalue weighted by Gasteiger charge is 2.16. The maximum Gasteiger partial charge on any atom is 0.309 e. The molecule has 0 aliphatic heterocycles. The summed E-state index contributed by atoms with van der Waals surface area (Å²) in [4.78, 5) is 11.5. The molecule has 1 unspecified atom stereocenters. The third-order valence-electron chi connectivity index (χ3n) is 2.73. The fourth-order valence-electron chi connectivity index (χ4n) is 1.83. The number of carbonyl (C=O) groups excluding carboxylic acids is 1. The topological polar surface area (TPSA) is 39.4 Å². The smallest absolute Gasteiger partial charge is 0.309 e. The molecule has 1 aromatic carbocycles. The first-order valence-corrected chi connectivity index (χ1v) is 6.74. The van der Waals surface area contributed by atoms with Crippen molar-refractivity contribution in [3.63, 3.8) is 0 Å². The van der Waals surface area contributed by atoms with E-state index in [0.717, 1.165) is 21.2 Å². The SMILES string of the molecule is CCOC(=O)C(C)Cc1cc2ccc(Br)cc2o1. The van der Waals surface area contributed by atoms with E-state index in [2.05, 4.69) is 15.9 Å². The summed E-state index contributed by atoms with van der Waals surface area (Å²) in [5.41, 5.74) is 0.829. The number of fused-ring (bicyclic) bond motifs is 1. The Morgan fingerprint density at radius 1 is 1.44 bits per heavy atom. The molecule has 3 nitrogen and oxygen atoms in total. The highest BCUT2D eigenvalue weighted by atomic mass is 79.9.